The molecule has 0 radical (unpaired) electrons. The zero-order valence-corrected chi connectivity index (χ0v) is 19.3. The van der Waals surface area contributed by atoms with E-state index in [-0.39, 0.29) is 23.9 Å². The monoisotopic (exact) mass is 477 g/mol. The van der Waals surface area contributed by atoms with Gasteiger partial charge in [0.15, 0.2) is 0 Å². The van der Waals surface area contributed by atoms with E-state index < -0.39 is 17.1 Å². The number of aryl methyl sites for hydroxylation is 1. The number of amides is 1. The third kappa shape index (κ3) is 2.77. The SMILES string of the molecule is Cc1nn(-c2ccccc2)c2c1[C@]1(C(=O)N(Cc3ccccc3F)c3ccccc31)C(C#N)=C(N)O2. The Balaban J connectivity index is 1.64. The van der Waals surface area contributed by atoms with Crippen LogP contribution < -0.4 is 15.4 Å². The van der Waals surface area contributed by atoms with Crippen LogP contribution >= 0.6 is 0 Å². The van der Waals surface area contributed by atoms with Gasteiger partial charge in [0.1, 0.15) is 22.9 Å². The molecular weight excluding hydrogens is 457 g/mol. The van der Waals surface area contributed by atoms with Crippen LogP contribution in [-0.2, 0) is 16.8 Å². The molecule has 4 aromatic rings. The fourth-order valence-electron chi connectivity index (χ4n) is 5.27. The van der Waals surface area contributed by atoms with Gasteiger partial charge in [-0.1, -0.05) is 54.6 Å². The number of hydrogen-bond acceptors (Lipinski definition) is 5. The minimum Gasteiger partial charge on any atom is -0.422 e. The molecule has 0 saturated carbocycles. The van der Waals surface area contributed by atoms with Crippen LogP contribution in [0, 0.1) is 24.1 Å². The Bertz CT molecular complexity index is 1620. The maximum Gasteiger partial charge on any atom is 0.248 e. The summed E-state index contributed by atoms with van der Waals surface area (Å²) in [6.07, 6.45) is 0. The minimum absolute atomic E-state index is 0.00898. The molecule has 2 N–H and O–H groups in total. The van der Waals surface area contributed by atoms with Crippen molar-refractivity contribution in [2.75, 3.05) is 4.90 Å². The molecule has 7 nitrogen and oxygen atoms in total. The highest BCUT2D eigenvalue weighted by atomic mass is 19.1. The number of fused-ring (bicyclic) bond motifs is 4. The van der Waals surface area contributed by atoms with E-state index in [4.69, 9.17) is 10.5 Å². The first kappa shape index (κ1) is 21.6. The van der Waals surface area contributed by atoms with Gasteiger partial charge in [-0.25, -0.2) is 9.07 Å². The van der Waals surface area contributed by atoms with Crippen molar-refractivity contribution in [2.24, 2.45) is 5.73 Å². The molecular formula is C28H20FN5O2. The lowest BCUT2D eigenvalue weighted by molar-refractivity contribution is -0.121. The normalized spacial score (nSPS) is 18.1. The summed E-state index contributed by atoms with van der Waals surface area (Å²) in [6.45, 7) is 1.76. The third-order valence-corrected chi connectivity index (χ3v) is 6.78. The number of carbonyl (C=O) groups excluding carboxylic acids is 1. The van der Waals surface area contributed by atoms with Crippen molar-refractivity contribution in [1.29, 1.82) is 5.26 Å². The molecule has 0 saturated heterocycles. The molecule has 1 aromatic heterocycles. The van der Waals surface area contributed by atoms with E-state index in [1.165, 1.54) is 11.0 Å². The summed E-state index contributed by atoms with van der Waals surface area (Å²) in [7, 11) is 0. The number of benzene rings is 3. The minimum atomic E-state index is -1.58. The van der Waals surface area contributed by atoms with E-state index >= 15 is 0 Å². The van der Waals surface area contributed by atoms with Crippen LogP contribution in [-0.4, -0.2) is 15.7 Å². The Morgan fingerprint density at radius 3 is 2.50 bits per heavy atom. The Hall–Kier alpha value is -4.90. The maximum absolute atomic E-state index is 14.6. The van der Waals surface area contributed by atoms with Gasteiger partial charge in [0.25, 0.3) is 0 Å². The van der Waals surface area contributed by atoms with Crippen molar-refractivity contribution in [3.8, 4) is 17.6 Å². The van der Waals surface area contributed by atoms with Gasteiger partial charge in [0, 0.05) is 16.8 Å². The van der Waals surface area contributed by atoms with Gasteiger partial charge in [-0.3, -0.25) is 4.79 Å². The fourth-order valence-corrected chi connectivity index (χ4v) is 5.27. The van der Waals surface area contributed by atoms with Gasteiger partial charge in [0.2, 0.25) is 17.7 Å². The smallest absolute Gasteiger partial charge is 0.248 e. The van der Waals surface area contributed by atoms with E-state index in [1.54, 1.807) is 54.1 Å². The number of rotatable bonds is 3. The number of aromatic nitrogens is 2. The Labute approximate surface area is 206 Å². The highest BCUT2D eigenvalue weighted by Crippen LogP contribution is 2.56. The second-order valence-electron chi connectivity index (χ2n) is 8.72. The number of nitrogens with two attached hydrogens (primary N) is 1. The van der Waals surface area contributed by atoms with Gasteiger partial charge < -0.3 is 15.4 Å². The first-order valence-corrected chi connectivity index (χ1v) is 11.4. The van der Waals surface area contributed by atoms with E-state index in [9.17, 15) is 14.4 Å². The lowest BCUT2D eigenvalue weighted by Crippen LogP contribution is -2.46. The molecule has 0 bridgehead atoms. The molecule has 6 rings (SSSR count). The van der Waals surface area contributed by atoms with Crippen molar-refractivity contribution in [3.05, 3.63) is 119 Å². The molecule has 1 spiro atoms. The van der Waals surface area contributed by atoms with Crippen LogP contribution in [0.15, 0.2) is 90.3 Å². The van der Waals surface area contributed by atoms with E-state index in [1.807, 2.05) is 30.3 Å². The molecule has 0 unspecified atom stereocenters. The molecule has 2 aliphatic rings. The van der Waals surface area contributed by atoms with E-state index in [0.717, 1.165) is 0 Å². The quantitative estimate of drug-likeness (QED) is 0.476. The van der Waals surface area contributed by atoms with E-state index in [0.29, 0.717) is 33.8 Å². The Kier molecular flexibility index (Phi) is 4.70. The first-order chi connectivity index (χ1) is 17.5. The fraction of sp³-hybridized carbons (Fsp3) is 0.107. The van der Waals surface area contributed by atoms with Crippen molar-refractivity contribution < 1.29 is 13.9 Å². The van der Waals surface area contributed by atoms with Crippen LogP contribution in [0.5, 0.6) is 5.88 Å². The van der Waals surface area contributed by atoms with Crippen molar-refractivity contribution >= 4 is 11.6 Å². The molecule has 36 heavy (non-hydrogen) atoms. The highest BCUT2D eigenvalue weighted by molar-refractivity contribution is 6.14. The van der Waals surface area contributed by atoms with Crippen LogP contribution in [0.2, 0.25) is 0 Å². The summed E-state index contributed by atoms with van der Waals surface area (Å²) in [5, 5.41) is 14.9. The molecule has 3 aromatic carbocycles. The molecule has 176 valence electrons. The number of nitriles is 1. The van der Waals surface area contributed by atoms with Gasteiger partial charge in [-0.05, 0) is 31.2 Å². The molecule has 1 amide bonds. The molecule has 3 heterocycles. The van der Waals surface area contributed by atoms with Gasteiger partial charge >= 0.3 is 0 Å². The summed E-state index contributed by atoms with van der Waals surface area (Å²) in [6, 6.07) is 25.0. The summed E-state index contributed by atoms with van der Waals surface area (Å²) in [4.78, 5) is 16.0. The maximum atomic E-state index is 14.6. The number of carbonyl (C=O) groups is 1. The predicted molar refractivity (Wildman–Crippen MR) is 131 cm³/mol. The summed E-state index contributed by atoms with van der Waals surface area (Å²) < 4.78 is 22.2. The first-order valence-electron chi connectivity index (χ1n) is 11.4. The number of anilines is 1. The Morgan fingerprint density at radius 1 is 1.06 bits per heavy atom. The van der Waals surface area contributed by atoms with Crippen molar-refractivity contribution in [2.45, 2.75) is 18.9 Å². The standard InChI is InChI=1S/C28H20FN5O2/c1-17-24-26(34(32-17)19-10-3-2-4-11-19)36-25(31)21(15-30)28(24)20-12-6-8-14-23(20)33(27(28)35)16-18-9-5-7-13-22(18)29/h2-14H,16,31H2,1H3/t28-/m1/s1. The highest BCUT2D eigenvalue weighted by Gasteiger charge is 2.61. The topological polar surface area (TPSA) is 97.2 Å². The molecule has 0 fully saturated rings. The average Bonchev–Trinajstić information content (AvgIpc) is 3.34. The van der Waals surface area contributed by atoms with Crippen molar-refractivity contribution in [3.63, 3.8) is 0 Å². The summed E-state index contributed by atoms with van der Waals surface area (Å²) in [5.74, 6) is -0.726. The number of nitrogens with zero attached hydrogens (tertiary/aromatic N) is 4. The van der Waals surface area contributed by atoms with Crippen molar-refractivity contribution in [1.82, 2.24) is 9.78 Å². The largest absolute Gasteiger partial charge is 0.422 e. The van der Waals surface area contributed by atoms with Crippen LogP contribution in [0.4, 0.5) is 10.1 Å². The predicted octanol–water partition coefficient (Wildman–Crippen LogP) is 4.24. The van der Waals surface area contributed by atoms with Gasteiger partial charge in [0.05, 0.1) is 23.5 Å². The third-order valence-electron chi connectivity index (χ3n) is 6.78. The number of halogens is 1. The number of ether oxygens (including phenoxy) is 1. The zero-order valence-electron chi connectivity index (χ0n) is 19.3. The second-order valence-corrected chi connectivity index (χ2v) is 8.72. The summed E-state index contributed by atoms with van der Waals surface area (Å²) in [5.41, 5.74) is 7.92. The van der Waals surface area contributed by atoms with E-state index in [2.05, 4.69) is 11.2 Å². The second kappa shape index (κ2) is 7.82. The summed E-state index contributed by atoms with van der Waals surface area (Å²) >= 11 is 0. The molecule has 1 atom stereocenters. The number of hydrogen-bond donors (Lipinski definition) is 1. The zero-order chi connectivity index (χ0) is 25.0. The molecule has 2 aliphatic heterocycles. The lowest BCUT2D eigenvalue weighted by atomic mass is 9.69. The van der Waals surface area contributed by atoms with Crippen LogP contribution in [0.1, 0.15) is 22.4 Å². The Morgan fingerprint density at radius 2 is 1.75 bits per heavy atom. The van der Waals surface area contributed by atoms with Crippen LogP contribution in [0.3, 0.4) is 0 Å². The molecule has 8 heteroatoms. The molecule has 0 aliphatic carbocycles. The van der Waals surface area contributed by atoms with Gasteiger partial charge in [-0.2, -0.15) is 10.4 Å². The lowest BCUT2D eigenvalue weighted by Gasteiger charge is -2.33. The average molecular weight is 477 g/mol. The number of para-hydroxylation sites is 2. The van der Waals surface area contributed by atoms with Gasteiger partial charge in [-0.15, -0.1) is 0 Å². The van der Waals surface area contributed by atoms with Crippen LogP contribution in [0.25, 0.3) is 5.69 Å².